The van der Waals surface area contributed by atoms with Crippen LogP contribution in [0.1, 0.15) is 38.2 Å². The van der Waals surface area contributed by atoms with E-state index in [0.717, 1.165) is 11.6 Å². The Balaban J connectivity index is 2.27. The van der Waals surface area contributed by atoms with Gasteiger partial charge in [-0.25, -0.2) is 0 Å². The van der Waals surface area contributed by atoms with E-state index in [2.05, 4.69) is 17.9 Å². The summed E-state index contributed by atoms with van der Waals surface area (Å²) in [4.78, 5) is 2.47. The minimum Gasteiger partial charge on any atom is -0.367 e. The maximum absolute atomic E-state index is 6.36. The van der Waals surface area contributed by atoms with Gasteiger partial charge in [0.2, 0.25) is 0 Å². The Labute approximate surface area is 109 Å². The number of halogens is 1. The number of nitrogens with zero attached hydrogens (tertiary/aromatic N) is 1. The molecule has 1 aromatic rings. The van der Waals surface area contributed by atoms with Crippen LogP contribution in [-0.4, -0.2) is 12.6 Å². The number of nitrogens with two attached hydrogens (primary N) is 1. The number of anilines is 1. The van der Waals surface area contributed by atoms with Crippen molar-refractivity contribution in [2.24, 2.45) is 5.73 Å². The number of hydrogen-bond donors (Lipinski definition) is 1. The van der Waals surface area contributed by atoms with Crippen LogP contribution < -0.4 is 10.6 Å². The highest BCUT2D eigenvalue weighted by molar-refractivity contribution is 6.33. The van der Waals surface area contributed by atoms with Crippen molar-refractivity contribution in [2.75, 3.05) is 11.4 Å². The minimum absolute atomic E-state index is 0.561. The van der Waals surface area contributed by atoms with Gasteiger partial charge in [-0.15, -0.1) is 0 Å². The molecule has 0 aliphatic heterocycles. The van der Waals surface area contributed by atoms with Gasteiger partial charge in [0.05, 0.1) is 10.7 Å². The molecule has 0 heterocycles. The van der Waals surface area contributed by atoms with E-state index in [1.807, 2.05) is 12.1 Å². The fourth-order valence-corrected chi connectivity index (χ4v) is 2.54. The molecule has 0 bridgehead atoms. The van der Waals surface area contributed by atoms with Crippen LogP contribution in [0.4, 0.5) is 5.69 Å². The lowest BCUT2D eigenvalue weighted by Crippen LogP contribution is -2.28. The summed E-state index contributed by atoms with van der Waals surface area (Å²) in [5.74, 6) is 0. The van der Waals surface area contributed by atoms with Crippen molar-refractivity contribution < 1.29 is 0 Å². The zero-order chi connectivity index (χ0) is 12.3. The highest BCUT2D eigenvalue weighted by atomic mass is 35.5. The highest BCUT2D eigenvalue weighted by Gasteiger charge is 2.30. The summed E-state index contributed by atoms with van der Waals surface area (Å²) in [5, 5.41) is 0.843. The molecular weight excluding hydrogens is 232 g/mol. The average molecular weight is 253 g/mol. The maximum atomic E-state index is 6.36. The van der Waals surface area contributed by atoms with E-state index in [-0.39, 0.29) is 0 Å². The minimum atomic E-state index is 0.561. The summed E-state index contributed by atoms with van der Waals surface area (Å²) in [5.41, 5.74) is 8.16. The molecule has 0 atom stereocenters. The lowest BCUT2D eigenvalue weighted by atomic mass is 10.1. The Hall–Kier alpha value is -0.730. The van der Waals surface area contributed by atoms with Crippen LogP contribution in [0.3, 0.4) is 0 Å². The lowest BCUT2D eigenvalue weighted by molar-refractivity contribution is 0.709. The highest BCUT2D eigenvalue weighted by Crippen LogP contribution is 2.38. The quantitative estimate of drug-likeness (QED) is 0.839. The van der Waals surface area contributed by atoms with Crippen LogP contribution in [0.5, 0.6) is 0 Å². The molecule has 0 unspecified atom stereocenters. The Kier molecular flexibility index (Phi) is 4.30. The Morgan fingerprint density at radius 1 is 1.41 bits per heavy atom. The largest absolute Gasteiger partial charge is 0.367 e. The molecule has 2 rings (SSSR count). The molecule has 1 aliphatic rings. The van der Waals surface area contributed by atoms with Gasteiger partial charge in [0.25, 0.3) is 0 Å². The van der Waals surface area contributed by atoms with Crippen LogP contribution >= 0.6 is 11.6 Å². The van der Waals surface area contributed by atoms with Gasteiger partial charge in [0, 0.05) is 19.1 Å². The van der Waals surface area contributed by atoms with Crippen molar-refractivity contribution >= 4 is 17.3 Å². The first-order valence-electron chi connectivity index (χ1n) is 6.52. The maximum Gasteiger partial charge on any atom is 0.0643 e. The number of hydrogen-bond acceptors (Lipinski definition) is 2. The molecule has 2 N–H and O–H groups in total. The normalized spacial score (nSPS) is 15.0. The second-order valence-corrected chi connectivity index (χ2v) is 5.14. The first-order valence-corrected chi connectivity index (χ1v) is 6.89. The van der Waals surface area contributed by atoms with E-state index in [1.165, 1.54) is 36.9 Å². The summed E-state index contributed by atoms with van der Waals surface area (Å²) in [6.07, 6.45) is 5.01. The summed E-state index contributed by atoms with van der Waals surface area (Å²) in [6.45, 7) is 3.88. The SMILES string of the molecule is CCCCN(c1c(Cl)cccc1CN)C1CC1. The molecule has 1 aromatic carbocycles. The molecule has 0 spiro atoms. The number of para-hydroxylation sites is 1. The molecule has 0 saturated heterocycles. The zero-order valence-electron chi connectivity index (χ0n) is 10.5. The number of rotatable bonds is 6. The van der Waals surface area contributed by atoms with Crippen LogP contribution in [0.2, 0.25) is 5.02 Å². The van der Waals surface area contributed by atoms with Crippen molar-refractivity contribution in [3.05, 3.63) is 28.8 Å². The van der Waals surface area contributed by atoms with Gasteiger partial charge >= 0.3 is 0 Å². The van der Waals surface area contributed by atoms with Gasteiger partial charge in [-0.1, -0.05) is 37.1 Å². The lowest BCUT2D eigenvalue weighted by Gasteiger charge is -2.28. The third-order valence-electron chi connectivity index (χ3n) is 3.32. The van der Waals surface area contributed by atoms with Crippen LogP contribution in [-0.2, 0) is 6.54 Å². The summed E-state index contributed by atoms with van der Waals surface area (Å²) in [6, 6.07) is 6.73. The molecule has 0 amide bonds. The van der Waals surface area contributed by atoms with Gasteiger partial charge in [0.1, 0.15) is 0 Å². The number of benzene rings is 1. The van der Waals surface area contributed by atoms with Gasteiger partial charge in [-0.2, -0.15) is 0 Å². The van der Waals surface area contributed by atoms with E-state index in [0.29, 0.717) is 12.6 Å². The molecular formula is C14H21ClN2. The van der Waals surface area contributed by atoms with Gasteiger partial charge < -0.3 is 10.6 Å². The summed E-state index contributed by atoms with van der Waals surface area (Å²) >= 11 is 6.36. The van der Waals surface area contributed by atoms with Gasteiger partial charge in [-0.05, 0) is 30.9 Å². The van der Waals surface area contributed by atoms with E-state index >= 15 is 0 Å². The second kappa shape index (κ2) is 5.74. The monoisotopic (exact) mass is 252 g/mol. The molecule has 0 aromatic heterocycles. The standard InChI is InChI=1S/C14H21ClN2/c1-2-3-9-17(12-7-8-12)14-11(10-16)5-4-6-13(14)15/h4-6,12H,2-3,7-10,16H2,1H3. The van der Waals surface area contributed by atoms with Crippen LogP contribution in [0, 0.1) is 0 Å². The smallest absolute Gasteiger partial charge is 0.0643 e. The Morgan fingerprint density at radius 2 is 2.18 bits per heavy atom. The van der Waals surface area contributed by atoms with Crippen molar-refractivity contribution in [3.63, 3.8) is 0 Å². The topological polar surface area (TPSA) is 29.3 Å². The molecule has 2 nitrogen and oxygen atoms in total. The molecule has 1 fully saturated rings. The molecule has 1 saturated carbocycles. The average Bonchev–Trinajstić information content (AvgIpc) is 3.15. The predicted octanol–water partition coefficient (Wildman–Crippen LogP) is 3.57. The first kappa shape index (κ1) is 12.7. The van der Waals surface area contributed by atoms with Crippen molar-refractivity contribution in [1.29, 1.82) is 0 Å². The Morgan fingerprint density at radius 3 is 2.76 bits per heavy atom. The molecule has 1 aliphatic carbocycles. The second-order valence-electron chi connectivity index (χ2n) is 4.73. The molecule has 94 valence electrons. The van der Waals surface area contributed by atoms with Crippen molar-refractivity contribution in [1.82, 2.24) is 0 Å². The molecule has 0 radical (unpaired) electrons. The third kappa shape index (κ3) is 2.93. The summed E-state index contributed by atoms with van der Waals surface area (Å²) in [7, 11) is 0. The van der Waals surface area contributed by atoms with E-state index in [9.17, 15) is 0 Å². The zero-order valence-corrected chi connectivity index (χ0v) is 11.2. The van der Waals surface area contributed by atoms with Gasteiger partial charge in [0.15, 0.2) is 0 Å². The van der Waals surface area contributed by atoms with Crippen LogP contribution in [0.25, 0.3) is 0 Å². The van der Waals surface area contributed by atoms with Crippen molar-refractivity contribution in [3.8, 4) is 0 Å². The van der Waals surface area contributed by atoms with E-state index in [1.54, 1.807) is 0 Å². The first-order chi connectivity index (χ1) is 8.27. The Bertz CT molecular complexity index is 374. The number of unbranched alkanes of at least 4 members (excludes halogenated alkanes) is 1. The van der Waals surface area contributed by atoms with Crippen LogP contribution in [0.15, 0.2) is 18.2 Å². The third-order valence-corrected chi connectivity index (χ3v) is 3.62. The summed E-state index contributed by atoms with van der Waals surface area (Å²) < 4.78 is 0. The van der Waals surface area contributed by atoms with Gasteiger partial charge in [-0.3, -0.25) is 0 Å². The molecule has 3 heteroatoms. The van der Waals surface area contributed by atoms with E-state index in [4.69, 9.17) is 17.3 Å². The van der Waals surface area contributed by atoms with E-state index < -0.39 is 0 Å². The molecule has 17 heavy (non-hydrogen) atoms. The van der Waals surface area contributed by atoms with Crippen molar-refractivity contribution in [2.45, 2.75) is 45.2 Å². The fourth-order valence-electron chi connectivity index (χ4n) is 2.24. The fraction of sp³-hybridized carbons (Fsp3) is 0.571. The predicted molar refractivity (Wildman–Crippen MR) is 74.6 cm³/mol.